The number of hydrogen-bond acceptors (Lipinski definition) is 3. The van der Waals surface area contributed by atoms with Crippen molar-refractivity contribution in [1.82, 2.24) is 10.6 Å². The second kappa shape index (κ2) is 10.3. The smallest absolute Gasteiger partial charge is 0.245 e. The molecule has 1 amide bonds. The minimum atomic E-state index is 0.0234. The van der Waals surface area contributed by atoms with E-state index in [1.165, 1.54) is 25.7 Å². The van der Waals surface area contributed by atoms with E-state index in [2.05, 4.69) is 17.6 Å². The Bertz CT molecular complexity index is 216. The Morgan fingerprint density at radius 3 is 3.06 bits per heavy atom. The Balaban J connectivity index is 1.89. The fourth-order valence-corrected chi connectivity index (χ4v) is 2.26. The maximum absolute atomic E-state index is 11.5. The first kappa shape index (κ1) is 15.4. The van der Waals surface area contributed by atoms with E-state index in [-0.39, 0.29) is 12.5 Å². The molecule has 1 saturated heterocycles. The van der Waals surface area contributed by atoms with Crippen LogP contribution in [0.15, 0.2) is 0 Å². The van der Waals surface area contributed by atoms with Crippen molar-refractivity contribution in [2.45, 2.75) is 45.4 Å². The molecule has 18 heavy (non-hydrogen) atoms. The van der Waals surface area contributed by atoms with E-state index >= 15 is 0 Å². The van der Waals surface area contributed by atoms with Gasteiger partial charge in [-0.3, -0.25) is 4.79 Å². The van der Waals surface area contributed by atoms with Crippen molar-refractivity contribution >= 4 is 5.91 Å². The van der Waals surface area contributed by atoms with Gasteiger partial charge in [0.2, 0.25) is 5.91 Å². The summed E-state index contributed by atoms with van der Waals surface area (Å²) in [6.07, 6.45) is 7.04. The van der Waals surface area contributed by atoms with Crippen molar-refractivity contribution in [3.63, 3.8) is 0 Å². The number of carbonyl (C=O) groups is 1. The normalized spacial score (nSPS) is 19.7. The largest absolute Gasteiger partial charge is 0.372 e. The number of hydrogen-bond donors (Lipinski definition) is 2. The molecule has 1 fully saturated rings. The lowest BCUT2D eigenvalue weighted by molar-refractivity contribution is -0.125. The van der Waals surface area contributed by atoms with Crippen LogP contribution in [0.25, 0.3) is 0 Å². The van der Waals surface area contributed by atoms with Gasteiger partial charge in [-0.25, -0.2) is 0 Å². The highest BCUT2D eigenvalue weighted by atomic mass is 16.5. The average molecular weight is 256 g/mol. The van der Waals surface area contributed by atoms with E-state index in [4.69, 9.17) is 4.74 Å². The lowest BCUT2D eigenvalue weighted by Crippen LogP contribution is -2.34. The summed E-state index contributed by atoms with van der Waals surface area (Å²) >= 11 is 0. The molecule has 4 nitrogen and oxygen atoms in total. The van der Waals surface area contributed by atoms with Crippen LogP contribution < -0.4 is 10.6 Å². The van der Waals surface area contributed by atoms with Gasteiger partial charge in [0.15, 0.2) is 0 Å². The molecule has 0 radical (unpaired) electrons. The van der Waals surface area contributed by atoms with E-state index in [1.807, 2.05) is 0 Å². The zero-order valence-electron chi connectivity index (χ0n) is 11.7. The van der Waals surface area contributed by atoms with Crippen LogP contribution in [0.5, 0.6) is 0 Å². The first-order valence-electron chi connectivity index (χ1n) is 7.38. The fraction of sp³-hybridized carbons (Fsp3) is 0.929. The molecule has 1 heterocycles. The van der Waals surface area contributed by atoms with Crippen molar-refractivity contribution in [3.8, 4) is 0 Å². The van der Waals surface area contributed by atoms with Gasteiger partial charge in [0, 0.05) is 13.2 Å². The van der Waals surface area contributed by atoms with Gasteiger partial charge in [-0.1, -0.05) is 19.8 Å². The Morgan fingerprint density at radius 1 is 1.44 bits per heavy atom. The molecule has 0 aromatic carbocycles. The maximum atomic E-state index is 11.5. The monoisotopic (exact) mass is 256 g/mol. The summed E-state index contributed by atoms with van der Waals surface area (Å²) < 4.78 is 5.32. The van der Waals surface area contributed by atoms with Crippen LogP contribution in [0.3, 0.4) is 0 Å². The second-order valence-corrected chi connectivity index (χ2v) is 5.11. The Morgan fingerprint density at radius 2 is 2.33 bits per heavy atom. The van der Waals surface area contributed by atoms with Crippen molar-refractivity contribution < 1.29 is 9.53 Å². The summed E-state index contributed by atoms with van der Waals surface area (Å²) in [5.41, 5.74) is 0. The molecule has 0 saturated carbocycles. The molecule has 0 bridgehead atoms. The van der Waals surface area contributed by atoms with Gasteiger partial charge in [0.05, 0.1) is 0 Å². The zero-order chi connectivity index (χ0) is 13.1. The van der Waals surface area contributed by atoms with E-state index in [9.17, 15) is 4.79 Å². The summed E-state index contributed by atoms with van der Waals surface area (Å²) in [6.45, 7) is 6.11. The molecule has 4 heteroatoms. The molecule has 2 N–H and O–H groups in total. The number of nitrogens with one attached hydrogen (secondary N) is 2. The Hall–Kier alpha value is -0.610. The third-order valence-corrected chi connectivity index (χ3v) is 3.40. The summed E-state index contributed by atoms with van der Waals surface area (Å²) in [5.74, 6) is 0.750. The number of rotatable bonds is 9. The van der Waals surface area contributed by atoms with Gasteiger partial charge in [0.1, 0.15) is 6.61 Å². The average Bonchev–Trinajstić information content (AvgIpc) is 2.40. The molecular formula is C14H28N2O2. The third kappa shape index (κ3) is 7.67. The van der Waals surface area contributed by atoms with Gasteiger partial charge in [0.25, 0.3) is 0 Å². The molecule has 1 aliphatic heterocycles. The van der Waals surface area contributed by atoms with Gasteiger partial charge in [-0.15, -0.1) is 0 Å². The van der Waals surface area contributed by atoms with Gasteiger partial charge < -0.3 is 15.4 Å². The molecule has 106 valence electrons. The number of unbranched alkanes of at least 4 members (excludes halogenated alkanes) is 2. The minimum Gasteiger partial charge on any atom is -0.372 e. The van der Waals surface area contributed by atoms with Crippen molar-refractivity contribution in [3.05, 3.63) is 0 Å². The zero-order valence-corrected chi connectivity index (χ0v) is 11.7. The van der Waals surface area contributed by atoms with Gasteiger partial charge in [-0.2, -0.15) is 0 Å². The van der Waals surface area contributed by atoms with Crippen LogP contribution in [0.4, 0.5) is 0 Å². The molecule has 0 aromatic rings. The van der Waals surface area contributed by atoms with E-state index in [1.54, 1.807) is 0 Å². The molecular weight excluding hydrogens is 228 g/mol. The lowest BCUT2D eigenvalue weighted by Gasteiger charge is -2.22. The lowest BCUT2D eigenvalue weighted by atomic mass is 9.96. The Kier molecular flexibility index (Phi) is 8.86. The van der Waals surface area contributed by atoms with Crippen LogP contribution in [-0.4, -0.2) is 38.8 Å². The Labute approximate surface area is 111 Å². The highest BCUT2D eigenvalue weighted by Gasteiger charge is 2.12. The van der Waals surface area contributed by atoms with Crippen LogP contribution >= 0.6 is 0 Å². The SMILES string of the molecule is CCCCCOCC(=O)NCCC1CCCNC1. The fourth-order valence-electron chi connectivity index (χ4n) is 2.26. The maximum Gasteiger partial charge on any atom is 0.245 e. The first-order valence-corrected chi connectivity index (χ1v) is 7.38. The summed E-state index contributed by atoms with van der Waals surface area (Å²) in [6, 6.07) is 0. The predicted octanol–water partition coefficient (Wildman–Crippen LogP) is 1.70. The van der Waals surface area contributed by atoms with Crippen molar-refractivity contribution in [1.29, 1.82) is 0 Å². The molecule has 1 rings (SSSR count). The minimum absolute atomic E-state index is 0.0234. The van der Waals surface area contributed by atoms with E-state index < -0.39 is 0 Å². The molecule has 1 unspecified atom stereocenters. The topological polar surface area (TPSA) is 50.4 Å². The number of carbonyl (C=O) groups excluding carboxylic acids is 1. The molecule has 0 aliphatic carbocycles. The highest BCUT2D eigenvalue weighted by Crippen LogP contribution is 2.12. The van der Waals surface area contributed by atoms with Gasteiger partial charge in [-0.05, 0) is 44.7 Å². The number of amides is 1. The van der Waals surface area contributed by atoms with Crippen LogP contribution in [0, 0.1) is 5.92 Å². The molecule has 0 spiro atoms. The van der Waals surface area contributed by atoms with Crippen LogP contribution in [0.1, 0.15) is 45.4 Å². The second-order valence-electron chi connectivity index (χ2n) is 5.11. The summed E-state index contributed by atoms with van der Waals surface area (Å²) in [4.78, 5) is 11.5. The number of ether oxygens (including phenoxy) is 1. The quantitative estimate of drug-likeness (QED) is 0.617. The highest BCUT2D eigenvalue weighted by molar-refractivity contribution is 5.77. The predicted molar refractivity (Wildman–Crippen MR) is 73.6 cm³/mol. The van der Waals surface area contributed by atoms with Crippen LogP contribution in [0.2, 0.25) is 0 Å². The third-order valence-electron chi connectivity index (χ3n) is 3.40. The molecule has 1 aliphatic rings. The summed E-state index contributed by atoms with van der Waals surface area (Å²) in [7, 11) is 0. The van der Waals surface area contributed by atoms with Crippen molar-refractivity contribution in [2.24, 2.45) is 5.92 Å². The number of piperidine rings is 1. The standard InChI is InChI=1S/C14H28N2O2/c1-2-3-4-10-18-12-14(17)16-9-7-13-6-5-8-15-11-13/h13,15H,2-12H2,1H3,(H,16,17). The molecule has 1 atom stereocenters. The van der Waals surface area contributed by atoms with E-state index in [0.29, 0.717) is 6.61 Å². The molecule has 0 aromatic heterocycles. The van der Waals surface area contributed by atoms with Crippen molar-refractivity contribution in [2.75, 3.05) is 32.8 Å². The van der Waals surface area contributed by atoms with Crippen LogP contribution in [-0.2, 0) is 9.53 Å². The van der Waals surface area contributed by atoms with Gasteiger partial charge >= 0.3 is 0 Å². The van der Waals surface area contributed by atoms with E-state index in [0.717, 1.165) is 38.4 Å². The summed E-state index contributed by atoms with van der Waals surface area (Å²) in [5, 5.41) is 6.32. The first-order chi connectivity index (χ1) is 8.83.